The first kappa shape index (κ1) is 51.5. The summed E-state index contributed by atoms with van der Waals surface area (Å²) in [5.41, 5.74) is 10.6. The smallest absolute Gasteiger partial charge is 0.302 e. The van der Waals surface area contributed by atoms with Crippen LogP contribution in [0.25, 0.3) is 33.3 Å². The third-order valence-corrected chi connectivity index (χ3v) is 13.3. The maximum atomic E-state index is 14.5. The zero-order valence-corrected chi connectivity index (χ0v) is 41.3. The van der Waals surface area contributed by atoms with Crippen molar-refractivity contribution in [1.82, 2.24) is 35.1 Å². The fourth-order valence-corrected chi connectivity index (χ4v) is 9.60. The minimum Gasteiger partial charge on any atom is -0.465 e. The lowest BCUT2D eigenvalue weighted by Gasteiger charge is -2.34. The molecule has 0 bridgehead atoms. The van der Waals surface area contributed by atoms with Crippen LogP contribution < -0.4 is 10.7 Å². The van der Waals surface area contributed by atoms with Crippen LogP contribution in [-0.4, -0.2) is 127 Å². The molecule has 4 atom stereocenters. The number of fused-ring (bicyclic) bond motifs is 1. The first-order valence-corrected chi connectivity index (χ1v) is 24.0. The summed E-state index contributed by atoms with van der Waals surface area (Å²) in [6.07, 6.45) is 6.67. The topological polar surface area (TPSA) is 165 Å². The summed E-state index contributed by atoms with van der Waals surface area (Å²) in [6.45, 7) is 16.5. The number of hydrazine groups is 1. The Kier molecular flexibility index (Phi) is 17.7. The highest BCUT2D eigenvalue weighted by Gasteiger charge is 2.38. The number of aromatic nitrogens is 2. The van der Waals surface area contributed by atoms with Gasteiger partial charge < -0.3 is 33.9 Å². The van der Waals surface area contributed by atoms with Crippen molar-refractivity contribution >= 4 is 40.5 Å². The van der Waals surface area contributed by atoms with E-state index in [0.717, 1.165) is 62.9 Å². The minimum atomic E-state index is -0.943. The quantitative estimate of drug-likeness (QED) is 0.0524. The Labute approximate surface area is 401 Å². The lowest BCUT2D eigenvalue weighted by atomic mass is 9.84. The molecule has 0 unspecified atom stereocenters. The van der Waals surface area contributed by atoms with Gasteiger partial charge in [-0.25, -0.2) is 5.43 Å². The van der Waals surface area contributed by atoms with Gasteiger partial charge in [-0.15, -0.1) is 0 Å². The Morgan fingerprint density at radius 3 is 2.51 bits per heavy atom. The maximum absolute atomic E-state index is 14.5. The van der Waals surface area contributed by atoms with E-state index in [-0.39, 0.29) is 49.4 Å². The van der Waals surface area contributed by atoms with Gasteiger partial charge >= 0.3 is 5.97 Å². The molecule has 0 aliphatic carbocycles. The Morgan fingerprint density at radius 1 is 1.04 bits per heavy atom. The molecule has 2 aromatic heterocycles. The molecule has 0 radical (unpaired) electrons. The van der Waals surface area contributed by atoms with Crippen molar-refractivity contribution in [2.75, 3.05) is 60.7 Å². The molecule has 15 nitrogen and oxygen atoms in total. The van der Waals surface area contributed by atoms with Crippen LogP contribution in [0.15, 0.2) is 73.4 Å². The van der Waals surface area contributed by atoms with Gasteiger partial charge in [-0.1, -0.05) is 50.8 Å². The molecule has 2 saturated heterocycles. The third kappa shape index (κ3) is 12.2. The van der Waals surface area contributed by atoms with E-state index in [4.69, 9.17) is 19.2 Å². The Balaban J connectivity index is 1.36. The van der Waals surface area contributed by atoms with E-state index in [0.29, 0.717) is 58.5 Å². The maximum Gasteiger partial charge on any atom is 0.302 e. The number of rotatable bonds is 21. The summed E-state index contributed by atoms with van der Waals surface area (Å²) in [6, 6.07) is 16.8. The van der Waals surface area contributed by atoms with Gasteiger partial charge in [0.05, 0.1) is 30.0 Å². The summed E-state index contributed by atoms with van der Waals surface area (Å²) in [4.78, 5) is 75.1. The summed E-state index contributed by atoms with van der Waals surface area (Å²) in [5.74, 6) is -1.92. The Morgan fingerprint density at radius 2 is 1.82 bits per heavy atom. The molecular formula is C53H71N7O8. The number of carbonyl (C=O) groups is 5. The van der Waals surface area contributed by atoms with Crippen LogP contribution in [0.4, 0.5) is 0 Å². The first-order chi connectivity index (χ1) is 32.6. The van der Waals surface area contributed by atoms with E-state index in [9.17, 15) is 24.0 Å². The van der Waals surface area contributed by atoms with Crippen LogP contribution in [0.2, 0.25) is 0 Å². The van der Waals surface area contributed by atoms with Crippen molar-refractivity contribution in [2.24, 2.45) is 11.3 Å². The number of amides is 4. The number of pyridine rings is 1. The van der Waals surface area contributed by atoms with Crippen molar-refractivity contribution in [3.8, 4) is 22.4 Å². The zero-order chi connectivity index (χ0) is 49.1. The standard InChI is InChI=1S/C53H71N7O8/c1-10-47(62)58-27-23-40(33-58)51(64)57(7)46(20-16-28-66-8)50(63)56-44(52(65)60-26-13-12-25-55-60)30-37-17-14-18-38(29-37)39-21-22-45-42(31-39)43(32-53(5,6)34-68-36(4)61)49(59(45)11-2)41-19-15-24-54-48(41)35(3)67-9/h10,14-15,17-19,21-22,24,29,31,35,40,44,46,55H,1,11-13,16,20,23,25-28,30,32-34H2,2-9H3,(H,56,63)/t35-,40-,44-,46-/m0/s1. The summed E-state index contributed by atoms with van der Waals surface area (Å²) < 4.78 is 19.0. The van der Waals surface area contributed by atoms with Crippen LogP contribution in [0.5, 0.6) is 0 Å². The Bertz CT molecular complexity index is 2440. The van der Waals surface area contributed by atoms with Crippen molar-refractivity contribution in [3.05, 3.63) is 90.3 Å². The molecular weight excluding hydrogens is 863 g/mol. The molecule has 2 aliphatic heterocycles. The van der Waals surface area contributed by atoms with Gasteiger partial charge in [0.2, 0.25) is 17.7 Å². The first-order valence-electron chi connectivity index (χ1n) is 24.0. The predicted molar refractivity (Wildman–Crippen MR) is 263 cm³/mol. The zero-order valence-electron chi connectivity index (χ0n) is 41.3. The lowest BCUT2D eigenvalue weighted by Crippen LogP contribution is -2.59. The molecule has 0 spiro atoms. The Hall–Kier alpha value is -5.90. The highest BCUT2D eigenvalue weighted by molar-refractivity contribution is 5.96. The summed E-state index contributed by atoms with van der Waals surface area (Å²) in [5, 5.41) is 5.76. The van der Waals surface area contributed by atoms with Crippen molar-refractivity contribution in [1.29, 1.82) is 0 Å². The fraction of sp³-hybridized carbons (Fsp3) is 0.509. The number of benzene rings is 2. The SMILES string of the molecule is C=CC(=O)N1CC[C@H](C(=O)N(C)[C@@H](CCCOC)C(=O)N[C@@H](Cc2cccc(-c3ccc4c(c3)c(CC(C)(C)COC(C)=O)c(-c3cccnc3[C@H](C)OC)n4CC)c2)C(=O)N2CCCCN2)C1. The molecule has 4 heterocycles. The number of methoxy groups -OCH3 is 2. The lowest BCUT2D eigenvalue weighted by molar-refractivity contribution is -0.145. The number of ether oxygens (including phenoxy) is 3. The van der Waals surface area contributed by atoms with Gasteiger partial charge in [-0.3, -0.25) is 34.0 Å². The minimum absolute atomic E-state index is 0.204. The summed E-state index contributed by atoms with van der Waals surface area (Å²) in [7, 11) is 4.90. The van der Waals surface area contributed by atoms with Crippen LogP contribution in [0, 0.1) is 11.3 Å². The van der Waals surface area contributed by atoms with Gasteiger partial charge in [0.15, 0.2) is 0 Å². The predicted octanol–water partition coefficient (Wildman–Crippen LogP) is 6.67. The molecule has 68 heavy (non-hydrogen) atoms. The molecule has 2 aromatic carbocycles. The molecule has 4 aromatic rings. The molecule has 4 amide bonds. The van der Waals surface area contributed by atoms with Crippen LogP contribution in [-0.2, 0) is 57.6 Å². The highest BCUT2D eigenvalue weighted by Crippen LogP contribution is 2.42. The molecule has 366 valence electrons. The van der Waals surface area contributed by atoms with Gasteiger partial charge in [0.1, 0.15) is 12.1 Å². The van der Waals surface area contributed by atoms with Gasteiger partial charge in [0.25, 0.3) is 5.91 Å². The van der Waals surface area contributed by atoms with Crippen molar-refractivity contribution < 1.29 is 38.2 Å². The highest BCUT2D eigenvalue weighted by atomic mass is 16.5. The molecule has 2 fully saturated rings. The van der Waals surface area contributed by atoms with Crippen LogP contribution >= 0.6 is 0 Å². The van der Waals surface area contributed by atoms with Crippen molar-refractivity contribution in [3.63, 3.8) is 0 Å². The average molecular weight is 934 g/mol. The normalized spacial score (nSPS) is 16.6. The second kappa shape index (κ2) is 23.4. The number of likely N-dealkylation sites (tertiary alicyclic amines) is 1. The number of hydrogen-bond donors (Lipinski definition) is 2. The second-order valence-corrected chi connectivity index (χ2v) is 18.9. The number of likely N-dealkylation sites (N-methyl/N-ethyl adjacent to an activating group) is 1. The molecule has 2 N–H and O–H groups in total. The molecule has 6 rings (SSSR count). The van der Waals surface area contributed by atoms with Gasteiger partial charge in [0, 0.05) is 102 Å². The number of aryl methyl sites for hydroxylation is 1. The monoisotopic (exact) mass is 934 g/mol. The molecule has 15 heteroatoms. The largest absolute Gasteiger partial charge is 0.465 e. The van der Waals surface area contributed by atoms with Crippen molar-refractivity contribution in [2.45, 2.75) is 104 Å². The molecule has 0 saturated carbocycles. The van der Waals surface area contributed by atoms with E-state index in [1.807, 2.05) is 31.2 Å². The van der Waals surface area contributed by atoms with E-state index in [2.05, 4.69) is 73.0 Å². The van der Waals surface area contributed by atoms with E-state index < -0.39 is 29.3 Å². The average Bonchev–Trinajstić information content (AvgIpc) is 3.96. The molecule has 2 aliphatic rings. The van der Waals surface area contributed by atoms with E-state index in [1.54, 1.807) is 37.4 Å². The number of carbonyl (C=O) groups excluding carboxylic acids is 5. The number of esters is 1. The number of hydrogen-bond acceptors (Lipinski definition) is 10. The van der Waals surface area contributed by atoms with Crippen LogP contribution in [0.3, 0.4) is 0 Å². The van der Waals surface area contributed by atoms with Gasteiger partial charge in [-0.2, -0.15) is 0 Å². The van der Waals surface area contributed by atoms with E-state index in [1.165, 1.54) is 17.9 Å². The fourth-order valence-electron chi connectivity index (χ4n) is 9.60. The van der Waals surface area contributed by atoms with Crippen LogP contribution in [0.1, 0.15) is 89.6 Å². The van der Waals surface area contributed by atoms with E-state index >= 15 is 0 Å². The summed E-state index contributed by atoms with van der Waals surface area (Å²) >= 11 is 0. The second-order valence-electron chi connectivity index (χ2n) is 18.9. The third-order valence-electron chi connectivity index (χ3n) is 13.3. The number of nitrogens with one attached hydrogen (secondary N) is 2. The van der Waals surface area contributed by atoms with Gasteiger partial charge in [-0.05, 0) is 105 Å². The number of nitrogens with zero attached hydrogens (tertiary/aromatic N) is 5.